The predicted molar refractivity (Wildman–Crippen MR) is 76.5 cm³/mol. The van der Waals surface area contributed by atoms with E-state index < -0.39 is 0 Å². The first kappa shape index (κ1) is 12.4. The highest BCUT2D eigenvalue weighted by Crippen LogP contribution is 2.23. The molecule has 3 nitrogen and oxygen atoms in total. The second-order valence-corrected chi connectivity index (χ2v) is 5.33. The van der Waals surface area contributed by atoms with Gasteiger partial charge in [0.1, 0.15) is 10.8 Å². The van der Waals surface area contributed by atoms with Crippen molar-refractivity contribution in [3.8, 4) is 0 Å². The molecule has 1 N–H and O–H groups in total. The monoisotopic (exact) mass is 274 g/mol. The number of pyridine rings is 1. The van der Waals surface area contributed by atoms with Crippen LogP contribution in [0.3, 0.4) is 0 Å². The van der Waals surface area contributed by atoms with E-state index in [9.17, 15) is 4.79 Å². The lowest BCUT2D eigenvalue weighted by atomic mass is 10.1. The maximum atomic E-state index is 12.2. The molecule has 98 valence electrons. The third kappa shape index (κ3) is 2.56. The van der Waals surface area contributed by atoms with Crippen molar-refractivity contribution in [3.05, 3.63) is 41.2 Å². The number of nitrogens with zero attached hydrogens (tertiary/aromatic N) is 1. The highest BCUT2D eigenvalue weighted by atomic mass is 35.5. The number of hydrogen-bond acceptors (Lipinski definition) is 2. The molecule has 1 fully saturated rings. The van der Waals surface area contributed by atoms with Crippen LogP contribution in [-0.4, -0.2) is 16.9 Å². The van der Waals surface area contributed by atoms with Gasteiger partial charge in [0.25, 0.3) is 5.91 Å². The van der Waals surface area contributed by atoms with Crippen molar-refractivity contribution in [1.82, 2.24) is 10.3 Å². The minimum atomic E-state index is -0.125. The van der Waals surface area contributed by atoms with Crippen molar-refractivity contribution in [2.45, 2.75) is 31.7 Å². The topological polar surface area (TPSA) is 42.0 Å². The van der Waals surface area contributed by atoms with Crippen LogP contribution in [0.1, 0.15) is 36.2 Å². The number of benzene rings is 1. The molecule has 0 atom stereocenters. The van der Waals surface area contributed by atoms with Gasteiger partial charge >= 0.3 is 0 Å². The average Bonchev–Trinajstić information content (AvgIpc) is 2.91. The van der Waals surface area contributed by atoms with Crippen LogP contribution in [0.5, 0.6) is 0 Å². The van der Waals surface area contributed by atoms with Crippen molar-refractivity contribution >= 4 is 28.3 Å². The molecular weight excluding hydrogens is 260 g/mol. The number of halogens is 1. The highest BCUT2D eigenvalue weighted by Gasteiger charge is 2.19. The fraction of sp³-hybridized carbons (Fsp3) is 0.333. The molecule has 1 heterocycles. The van der Waals surface area contributed by atoms with E-state index in [4.69, 9.17) is 11.6 Å². The third-order valence-electron chi connectivity index (χ3n) is 3.62. The molecule has 1 amide bonds. The Hall–Kier alpha value is -1.61. The lowest BCUT2D eigenvalue weighted by molar-refractivity contribution is 0.0933. The Labute approximate surface area is 117 Å². The third-order valence-corrected chi connectivity index (χ3v) is 3.91. The van der Waals surface area contributed by atoms with Crippen LogP contribution in [-0.2, 0) is 0 Å². The molecule has 19 heavy (non-hydrogen) atoms. The molecule has 0 bridgehead atoms. The van der Waals surface area contributed by atoms with Crippen molar-refractivity contribution < 1.29 is 4.79 Å². The second-order valence-electron chi connectivity index (χ2n) is 4.97. The summed E-state index contributed by atoms with van der Waals surface area (Å²) in [4.78, 5) is 16.4. The smallest absolute Gasteiger partial charge is 0.270 e. The van der Waals surface area contributed by atoms with Crippen LogP contribution in [0.2, 0.25) is 5.15 Å². The fourth-order valence-electron chi connectivity index (χ4n) is 2.60. The van der Waals surface area contributed by atoms with Gasteiger partial charge in [0, 0.05) is 11.4 Å². The maximum Gasteiger partial charge on any atom is 0.270 e. The molecule has 1 aliphatic rings. The number of carbonyl (C=O) groups is 1. The summed E-state index contributed by atoms with van der Waals surface area (Å²) in [5.74, 6) is -0.125. The van der Waals surface area contributed by atoms with Gasteiger partial charge in [-0.15, -0.1) is 0 Å². The number of carbonyl (C=O) groups excluding carboxylic acids is 1. The molecule has 0 saturated heterocycles. The number of amides is 1. The van der Waals surface area contributed by atoms with Crippen LogP contribution < -0.4 is 5.32 Å². The summed E-state index contributed by atoms with van der Waals surface area (Å²) >= 11 is 6.13. The van der Waals surface area contributed by atoms with Crippen molar-refractivity contribution in [3.63, 3.8) is 0 Å². The molecule has 0 spiro atoms. The zero-order valence-corrected chi connectivity index (χ0v) is 11.3. The number of fused-ring (bicyclic) bond motifs is 1. The van der Waals surface area contributed by atoms with Crippen molar-refractivity contribution in [1.29, 1.82) is 0 Å². The standard InChI is InChI=1S/C15H15ClN2O/c16-14-12-8-4-1-5-10(12)9-13(18-14)15(19)17-11-6-2-3-7-11/h1,4-5,8-9,11H,2-3,6-7H2,(H,17,19). The first-order chi connectivity index (χ1) is 9.24. The van der Waals surface area contributed by atoms with Gasteiger partial charge in [-0.25, -0.2) is 4.98 Å². The van der Waals surface area contributed by atoms with E-state index in [1.54, 1.807) is 6.07 Å². The Morgan fingerprint density at radius 2 is 2.00 bits per heavy atom. The molecule has 1 aromatic heterocycles. The zero-order chi connectivity index (χ0) is 13.2. The van der Waals surface area contributed by atoms with Gasteiger partial charge < -0.3 is 5.32 Å². The molecule has 3 rings (SSSR count). The Kier molecular flexibility index (Phi) is 3.38. The van der Waals surface area contributed by atoms with E-state index in [0.717, 1.165) is 23.6 Å². The van der Waals surface area contributed by atoms with Gasteiger partial charge in [-0.3, -0.25) is 4.79 Å². The molecule has 1 saturated carbocycles. The molecular formula is C15H15ClN2O. The molecule has 1 aliphatic carbocycles. The van der Waals surface area contributed by atoms with E-state index >= 15 is 0 Å². The Balaban J connectivity index is 1.89. The van der Waals surface area contributed by atoms with E-state index in [0.29, 0.717) is 16.9 Å². The second kappa shape index (κ2) is 5.17. The molecule has 2 aromatic rings. The molecule has 0 unspecified atom stereocenters. The van der Waals surface area contributed by atoms with Crippen LogP contribution in [0.4, 0.5) is 0 Å². The molecule has 0 aliphatic heterocycles. The molecule has 1 aromatic carbocycles. The lowest BCUT2D eigenvalue weighted by Gasteiger charge is -2.12. The maximum absolute atomic E-state index is 12.2. The first-order valence-corrected chi connectivity index (χ1v) is 6.98. The Bertz CT molecular complexity index is 621. The summed E-state index contributed by atoms with van der Waals surface area (Å²) in [5, 5.41) is 5.23. The molecule has 4 heteroatoms. The quantitative estimate of drug-likeness (QED) is 0.851. The predicted octanol–water partition coefficient (Wildman–Crippen LogP) is 3.56. The lowest BCUT2D eigenvalue weighted by Crippen LogP contribution is -2.33. The van der Waals surface area contributed by atoms with E-state index in [1.165, 1.54) is 12.8 Å². The van der Waals surface area contributed by atoms with Gasteiger partial charge in [-0.1, -0.05) is 48.7 Å². The fourth-order valence-corrected chi connectivity index (χ4v) is 2.87. The number of nitrogens with one attached hydrogen (secondary N) is 1. The van der Waals surface area contributed by atoms with E-state index in [-0.39, 0.29) is 5.91 Å². The summed E-state index contributed by atoms with van der Waals surface area (Å²) < 4.78 is 0. The van der Waals surface area contributed by atoms with Crippen LogP contribution >= 0.6 is 11.6 Å². The zero-order valence-electron chi connectivity index (χ0n) is 10.5. The van der Waals surface area contributed by atoms with Gasteiger partial charge in [0.15, 0.2) is 0 Å². The van der Waals surface area contributed by atoms with Crippen LogP contribution in [0.25, 0.3) is 10.8 Å². The van der Waals surface area contributed by atoms with Gasteiger partial charge in [-0.2, -0.15) is 0 Å². The minimum Gasteiger partial charge on any atom is -0.348 e. The number of hydrogen-bond donors (Lipinski definition) is 1. The van der Waals surface area contributed by atoms with Gasteiger partial charge in [0.2, 0.25) is 0 Å². The highest BCUT2D eigenvalue weighted by molar-refractivity contribution is 6.34. The summed E-state index contributed by atoms with van der Waals surface area (Å²) in [7, 11) is 0. The summed E-state index contributed by atoms with van der Waals surface area (Å²) in [6.45, 7) is 0. The molecule has 0 radical (unpaired) electrons. The minimum absolute atomic E-state index is 0.125. The summed E-state index contributed by atoms with van der Waals surface area (Å²) in [6, 6.07) is 9.77. The summed E-state index contributed by atoms with van der Waals surface area (Å²) in [6.07, 6.45) is 4.51. The normalized spacial score (nSPS) is 15.8. The van der Waals surface area contributed by atoms with Gasteiger partial charge in [-0.05, 0) is 24.3 Å². The van der Waals surface area contributed by atoms with Crippen molar-refractivity contribution in [2.24, 2.45) is 0 Å². The first-order valence-electron chi connectivity index (χ1n) is 6.60. The average molecular weight is 275 g/mol. The number of rotatable bonds is 2. The van der Waals surface area contributed by atoms with Crippen LogP contribution in [0, 0.1) is 0 Å². The van der Waals surface area contributed by atoms with Crippen LogP contribution in [0.15, 0.2) is 30.3 Å². The number of aromatic nitrogens is 1. The SMILES string of the molecule is O=C(NC1CCCC1)c1cc2ccccc2c(Cl)n1. The van der Waals surface area contributed by atoms with Crippen molar-refractivity contribution in [2.75, 3.05) is 0 Å². The largest absolute Gasteiger partial charge is 0.348 e. The Morgan fingerprint density at radius 1 is 1.26 bits per heavy atom. The Morgan fingerprint density at radius 3 is 2.79 bits per heavy atom. The summed E-state index contributed by atoms with van der Waals surface area (Å²) in [5.41, 5.74) is 0.399. The van der Waals surface area contributed by atoms with E-state index in [1.807, 2.05) is 24.3 Å². The van der Waals surface area contributed by atoms with E-state index in [2.05, 4.69) is 10.3 Å². The van der Waals surface area contributed by atoms with Gasteiger partial charge in [0.05, 0.1) is 0 Å².